The molecule has 82 valence electrons. The van der Waals surface area contributed by atoms with Gasteiger partial charge in [0.05, 0.1) is 0 Å². The Bertz CT molecular complexity index is 341. The van der Waals surface area contributed by atoms with Crippen molar-refractivity contribution < 1.29 is 0 Å². The summed E-state index contributed by atoms with van der Waals surface area (Å²) in [4.78, 5) is 2.54. The van der Waals surface area contributed by atoms with Gasteiger partial charge in [-0.2, -0.15) is 0 Å². The molecule has 0 aromatic heterocycles. The Morgan fingerprint density at radius 2 is 2.13 bits per heavy atom. The molecule has 0 radical (unpaired) electrons. The van der Waals surface area contributed by atoms with Crippen LogP contribution in [0, 0.1) is 0 Å². The Morgan fingerprint density at radius 3 is 2.80 bits per heavy atom. The molecule has 15 heavy (non-hydrogen) atoms. The highest BCUT2D eigenvalue weighted by Crippen LogP contribution is 2.29. The third kappa shape index (κ3) is 2.01. The molecule has 1 aromatic rings. The Labute approximate surface area is 93.1 Å². The molecule has 0 amide bonds. The van der Waals surface area contributed by atoms with Crippen LogP contribution < -0.4 is 4.90 Å². The van der Waals surface area contributed by atoms with Gasteiger partial charge in [0.25, 0.3) is 0 Å². The number of rotatable bonds is 2. The van der Waals surface area contributed by atoms with Crippen molar-refractivity contribution >= 4 is 5.69 Å². The first-order chi connectivity index (χ1) is 7.22. The summed E-state index contributed by atoms with van der Waals surface area (Å²) in [6.07, 6.45) is 3.69. The summed E-state index contributed by atoms with van der Waals surface area (Å²) in [6, 6.07) is 7.61. The normalized spacial score (nSPS) is 15.6. The lowest BCUT2D eigenvalue weighted by molar-refractivity contribution is 0.625. The van der Waals surface area contributed by atoms with Crippen LogP contribution in [0.4, 0.5) is 5.69 Å². The maximum Gasteiger partial charge on any atom is 0.0403 e. The van der Waals surface area contributed by atoms with Crippen molar-refractivity contribution in [3.63, 3.8) is 0 Å². The first-order valence-corrected chi connectivity index (χ1v) is 6.10. The van der Waals surface area contributed by atoms with Crippen LogP contribution in [0.25, 0.3) is 0 Å². The van der Waals surface area contributed by atoms with Gasteiger partial charge in [-0.3, -0.25) is 0 Å². The molecule has 0 saturated heterocycles. The minimum Gasteiger partial charge on any atom is -0.369 e. The van der Waals surface area contributed by atoms with Crippen molar-refractivity contribution in [1.82, 2.24) is 0 Å². The molecule has 0 N–H and O–H groups in total. The highest BCUT2D eigenvalue weighted by molar-refractivity contribution is 5.57. The summed E-state index contributed by atoms with van der Waals surface area (Å²) in [5.74, 6) is 0. The van der Waals surface area contributed by atoms with Crippen LogP contribution in [-0.4, -0.2) is 12.6 Å². The molecule has 2 rings (SSSR count). The zero-order chi connectivity index (χ0) is 10.8. The zero-order valence-corrected chi connectivity index (χ0v) is 10.1. The van der Waals surface area contributed by atoms with E-state index in [1.807, 2.05) is 0 Å². The molecule has 0 atom stereocenters. The molecule has 1 aliphatic rings. The first-order valence-electron chi connectivity index (χ1n) is 6.10. The predicted octanol–water partition coefficient (Wildman–Crippen LogP) is 3.41. The molecule has 0 aliphatic carbocycles. The van der Waals surface area contributed by atoms with Crippen LogP contribution >= 0.6 is 0 Å². The number of aryl methyl sites for hydroxylation is 2. The smallest absolute Gasteiger partial charge is 0.0403 e. The van der Waals surface area contributed by atoms with E-state index in [-0.39, 0.29) is 0 Å². The van der Waals surface area contributed by atoms with Crippen molar-refractivity contribution in [3.8, 4) is 0 Å². The quantitative estimate of drug-likeness (QED) is 0.712. The Morgan fingerprint density at radius 1 is 1.33 bits per heavy atom. The van der Waals surface area contributed by atoms with E-state index in [1.165, 1.54) is 36.2 Å². The minimum atomic E-state index is 0.621. The number of nitrogens with zero attached hydrogens (tertiary/aromatic N) is 1. The fourth-order valence-electron chi connectivity index (χ4n) is 2.40. The molecule has 1 heteroatoms. The average Bonchev–Trinajstić information content (AvgIpc) is 2.27. The topological polar surface area (TPSA) is 3.24 Å². The van der Waals surface area contributed by atoms with Crippen LogP contribution in [0.5, 0.6) is 0 Å². The van der Waals surface area contributed by atoms with Crippen LogP contribution in [0.15, 0.2) is 18.2 Å². The molecule has 0 bridgehead atoms. The lowest BCUT2D eigenvalue weighted by Gasteiger charge is -2.35. The minimum absolute atomic E-state index is 0.621. The second-order valence-corrected chi connectivity index (χ2v) is 4.71. The van der Waals surface area contributed by atoms with Gasteiger partial charge in [0.1, 0.15) is 0 Å². The van der Waals surface area contributed by atoms with Crippen LogP contribution in [0.3, 0.4) is 0 Å². The molecular weight excluding hydrogens is 182 g/mol. The van der Waals surface area contributed by atoms with Gasteiger partial charge in [0.2, 0.25) is 0 Å². The summed E-state index contributed by atoms with van der Waals surface area (Å²) in [5.41, 5.74) is 4.48. The number of fused-ring (bicyclic) bond motifs is 1. The van der Waals surface area contributed by atoms with Crippen LogP contribution in [-0.2, 0) is 12.8 Å². The van der Waals surface area contributed by atoms with Gasteiger partial charge in [-0.1, -0.05) is 19.1 Å². The number of hydrogen-bond donors (Lipinski definition) is 0. The van der Waals surface area contributed by atoms with Crippen LogP contribution in [0.1, 0.15) is 38.3 Å². The SMILES string of the molecule is CCc1ccc2c(c1)N(C(C)C)CCC2. The predicted molar refractivity (Wildman–Crippen MR) is 66.6 cm³/mol. The standard InChI is InChI=1S/C14H21N/c1-4-12-7-8-13-6-5-9-15(11(2)3)14(13)10-12/h7-8,10-11H,4-6,9H2,1-3H3. The van der Waals surface area contributed by atoms with Crippen LogP contribution in [0.2, 0.25) is 0 Å². The third-order valence-corrected chi connectivity index (χ3v) is 3.34. The fourth-order valence-corrected chi connectivity index (χ4v) is 2.40. The second kappa shape index (κ2) is 4.26. The first kappa shape index (κ1) is 10.5. The van der Waals surface area contributed by atoms with Gasteiger partial charge >= 0.3 is 0 Å². The summed E-state index contributed by atoms with van der Waals surface area (Å²) in [5, 5.41) is 0. The van der Waals surface area contributed by atoms with E-state index in [0.29, 0.717) is 6.04 Å². The monoisotopic (exact) mass is 203 g/mol. The van der Waals surface area contributed by atoms with Gasteiger partial charge in [-0.05, 0) is 50.3 Å². The molecule has 0 fully saturated rings. The van der Waals surface area contributed by atoms with E-state index in [9.17, 15) is 0 Å². The van der Waals surface area contributed by atoms with Crippen molar-refractivity contribution in [2.75, 3.05) is 11.4 Å². The maximum atomic E-state index is 2.54. The zero-order valence-electron chi connectivity index (χ0n) is 10.1. The molecule has 1 aromatic carbocycles. The van der Waals surface area contributed by atoms with Crippen molar-refractivity contribution in [2.45, 2.75) is 46.1 Å². The van der Waals surface area contributed by atoms with Gasteiger partial charge < -0.3 is 4.90 Å². The van der Waals surface area contributed by atoms with Gasteiger partial charge in [0.15, 0.2) is 0 Å². The molecule has 0 saturated carbocycles. The maximum absolute atomic E-state index is 2.54. The second-order valence-electron chi connectivity index (χ2n) is 4.71. The lowest BCUT2D eigenvalue weighted by Crippen LogP contribution is -2.35. The Hall–Kier alpha value is -0.980. The van der Waals surface area contributed by atoms with Crippen molar-refractivity contribution in [1.29, 1.82) is 0 Å². The van der Waals surface area contributed by atoms with Gasteiger partial charge in [-0.15, -0.1) is 0 Å². The van der Waals surface area contributed by atoms with E-state index in [0.717, 1.165) is 6.42 Å². The average molecular weight is 203 g/mol. The molecule has 1 heterocycles. The Kier molecular flexibility index (Phi) is 2.99. The highest BCUT2D eigenvalue weighted by atomic mass is 15.2. The van der Waals surface area contributed by atoms with Crippen molar-refractivity contribution in [3.05, 3.63) is 29.3 Å². The van der Waals surface area contributed by atoms with Crippen molar-refractivity contribution in [2.24, 2.45) is 0 Å². The molecule has 1 nitrogen and oxygen atoms in total. The molecular formula is C14H21N. The largest absolute Gasteiger partial charge is 0.369 e. The summed E-state index contributed by atoms with van der Waals surface area (Å²) < 4.78 is 0. The van der Waals surface area contributed by atoms with E-state index < -0.39 is 0 Å². The molecule has 1 aliphatic heterocycles. The summed E-state index contributed by atoms with van der Waals surface area (Å²) in [6.45, 7) is 8.02. The summed E-state index contributed by atoms with van der Waals surface area (Å²) in [7, 11) is 0. The number of benzene rings is 1. The molecule has 0 spiro atoms. The Balaban J connectivity index is 2.39. The fraction of sp³-hybridized carbons (Fsp3) is 0.571. The lowest BCUT2D eigenvalue weighted by atomic mass is 9.98. The molecule has 0 unspecified atom stereocenters. The number of anilines is 1. The van der Waals surface area contributed by atoms with E-state index >= 15 is 0 Å². The number of hydrogen-bond acceptors (Lipinski definition) is 1. The van der Waals surface area contributed by atoms with E-state index in [2.05, 4.69) is 43.9 Å². The highest BCUT2D eigenvalue weighted by Gasteiger charge is 2.18. The van der Waals surface area contributed by atoms with E-state index in [4.69, 9.17) is 0 Å². The van der Waals surface area contributed by atoms with E-state index in [1.54, 1.807) is 0 Å². The third-order valence-electron chi connectivity index (χ3n) is 3.34. The summed E-state index contributed by atoms with van der Waals surface area (Å²) >= 11 is 0. The van der Waals surface area contributed by atoms with Gasteiger partial charge in [0, 0.05) is 18.3 Å². The van der Waals surface area contributed by atoms with Gasteiger partial charge in [-0.25, -0.2) is 0 Å².